The normalized spacial score (nSPS) is 17.6. The van der Waals surface area contributed by atoms with Crippen molar-refractivity contribution in [2.45, 2.75) is 142 Å². The number of hydrogen-bond donors (Lipinski definition) is 0. The summed E-state index contributed by atoms with van der Waals surface area (Å²) in [7, 11) is -2.02. The summed E-state index contributed by atoms with van der Waals surface area (Å²) < 4.78 is 25.8. The van der Waals surface area contributed by atoms with E-state index in [9.17, 15) is 0 Å². The van der Waals surface area contributed by atoms with Gasteiger partial charge in [-0.15, -0.1) is 0 Å². The molecule has 0 bridgehead atoms. The molecule has 0 aromatic heterocycles. The number of methoxy groups -OCH3 is 1. The lowest BCUT2D eigenvalue weighted by molar-refractivity contribution is 0.214. The van der Waals surface area contributed by atoms with E-state index in [1.54, 1.807) is 7.11 Å². The highest BCUT2D eigenvalue weighted by Gasteiger charge is 2.39. The third-order valence-corrected chi connectivity index (χ3v) is 21.8. The SMILES string of the molecule is COc1c[c]c(C2CCc3cc(O[Si](C)(C)C(C)(C)C)ccc3C2)c(CCO[Si](C)(C)C(C)(C)C)c1Cc1ccc(OCCN2CCCCCC2)cc1. The fourth-order valence-electron chi connectivity index (χ4n) is 7.33. The summed E-state index contributed by atoms with van der Waals surface area (Å²) in [6.45, 7) is 28.1. The van der Waals surface area contributed by atoms with E-state index in [0.717, 1.165) is 62.5 Å². The zero-order valence-corrected chi connectivity index (χ0v) is 37.2. The van der Waals surface area contributed by atoms with Crippen molar-refractivity contribution < 1.29 is 18.3 Å². The average molecular weight is 757 g/mol. The van der Waals surface area contributed by atoms with Gasteiger partial charge in [-0.3, -0.25) is 4.90 Å². The lowest BCUT2D eigenvalue weighted by atomic mass is 9.77. The summed E-state index contributed by atoms with van der Waals surface area (Å²) in [5.41, 5.74) is 8.08. The quantitative estimate of drug-likeness (QED) is 0.153. The maximum atomic E-state index is 6.81. The predicted octanol–water partition coefficient (Wildman–Crippen LogP) is 11.6. The molecular formula is C46H70NO4Si2. The molecule has 1 saturated heterocycles. The molecule has 1 fully saturated rings. The van der Waals surface area contributed by atoms with Gasteiger partial charge in [-0.1, -0.05) is 72.6 Å². The second-order valence-corrected chi connectivity index (χ2v) is 28.3. The predicted molar refractivity (Wildman–Crippen MR) is 227 cm³/mol. The average Bonchev–Trinajstić information content (AvgIpc) is 3.37. The molecule has 0 saturated carbocycles. The van der Waals surface area contributed by atoms with Crippen LogP contribution < -0.4 is 13.9 Å². The fraction of sp³-hybridized carbons (Fsp3) is 0.609. The number of aryl methyl sites for hydroxylation is 1. The largest absolute Gasteiger partial charge is 0.543 e. The second kappa shape index (κ2) is 17.5. The molecule has 1 aliphatic heterocycles. The number of hydrogen-bond acceptors (Lipinski definition) is 5. The van der Waals surface area contributed by atoms with Crippen molar-refractivity contribution in [3.63, 3.8) is 0 Å². The van der Waals surface area contributed by atoms with E-state index in [1.165, 1.54) is 72.2 Å². The molecule has 1 aliphatic carbocycles. The molecule has 3 aromatic carbocycles. The molecule has 5 rings (SSSR count). The van der Waals surface area contributed by atoms with Crippen LogP contribution in [0.4, 0.5) is 0 Å². The van der Waals surface area contributed by atoms with Gasteiger partial charge in [0.2, 0.25) is 8.32 Å². The monoisotopic (exact) mass is 756 g/mol. The molecule has 7 heteroatoms. The molecule has 0 spiro atoms. The standard InChI is InChI=1S/C46H70NO4Si2/c1-45(2,3)52(8,9)50-30-26-42-41(38-19-18-37-34-40(23-20-36(37)33-38)51-53(10,11)46(4,5)6)24-25-44(48-7)43(42)32-35-16-21-39(22-17-35)49-31-29-47-27-14-12-13-15-28-47/h16-17,20-23,25,34,38H,12-15,18-19,26-33H2,1-11H3. The lowest BCUT2D eigenvalue weighted by Crippen LogP contribution is -2.43. The minimum absolute atomic E-state index is 0.163. The van der Waals surface area contributed by atoms with Gasteiger partial charge >= 0.3 is 0 Å². The molecule has 0 N–H and O–H groups in total. The highest BCUT2D eigenvalue weighted by molar-refractivity contribution is 6.75. The first-order chi connectivity index (χ1) is 25.0. The molecule has 0 amide bonds. The lowest BCUT2D eigenvalue weighted by Gasteiger charge is -2.37. The van der Waals surface area contributed by atoms with Crippen molar-refractivity contribution in [1.82, 2.24) is 4.90 Å². The molecule has 5 nitrogen and oxygen atoms in total. The van der Waals surface area contributed by atoms with E-state index >= 15 is 0 Å². The van der Waals surface area contributed by atoms with Crippen LogP contribution in [0.3, 0.4) is 0 Å². The van der Waals surface area contributed by atoms with Crippen molar-refractivity contribution in [2.24, 2.45) is 0 Å². The van der Waals surface area contributed by atoms with Crippen molar-refractivity contribution >= 4 is 16.6 Å². The Morgan fingerprint density at radius 2 is 1.43 bits per heavy atom. The van der Waals surface area contributed by atoms with Crippen LogP contribution in [0.15, 0.2) is 48.5 Å². The van der Waals surface area contributed by atoms with Gasteiger partial charge < -0.3 is 18.3 Å². The Morgan fingerprint density at radius 1 is 0.774 bits per heavy atom. The first-order valence-electron chi connectivity index (χ1n) is 20.5. The van der Waals surface area contributed by atoms with E-state index in [4.69, 9.17) is 18.3 Å². The Labute approximate surface area is 325 Å². The molecule has 1 heterocycles. The van der Waals surface area contributed by atoms with Gasteiger partial charge in [-0.2, -0.15) is 0 Å². The van der Waals surface area contributed by atoms with Crippen LogP contribution in [-0.4, -0.2) is 61.5 Å². The number of likely N-dealkylation sites (tertiary alicyclic amines) is 1. The Morgan fingerprint density at radius 3 is 2.08 bits per heavy atom. The van der Waals surface area contributed by atoms with Gasteiger partial charge in [-0.05, 0) is 158 Å². The Balaban J connectivity index is 1.37. The number of fused-ring (bicyclic) bond motifs is 1. The minimum atomic E-state index is -1.91. The summed E-state index contributed by atoms with van der Waals surface area (Å²) in [6.07, 6.45) is 10.1. The van der Waals surface area contributed by atoms with E-state index in [1.807, 2.05) is 0 Å². The van der Waals surface area contributed by atoms with E-state index in [2.05, 4.69) is 127 Å². The first-order valence-corrected chi connectivity index (χ1v) is 26.3. The topological polar surface area (TPSA) is 40.2 Å². The molecule has 2 aliphatic rings. The number of nitrogens with zero attached hydrogens (tertiary/aromatic N) is 1. The molecular weight excluding hydrogens is 687 g/mol. The maximum Gasteiger partial charge on any atom is 0.250 e. The van der Waals surface area contributed by atoms with Gasteiger partial charge in [0.15, 0.2) is 8.32 Å². The Kier molecular flexibility index (Phi) is 13.7. The van der Waals surface area contributed by atoms with Crippen LogP contribution >= 0.6 is 0 Å². The molecule has 53 heavy (non-hydrogen) atoms. The highest BCUT2D eigenvalue weighted by Crippen LogP contribution is 2.42. The molecule has 1 atom stereocenters. The van der Waals surface area contributed by atoms with Crippen molar-refractivity contribution in [2.75, 3.05) is 40.0 Å². The van der Waals surface area contributed by atoms with E-state index < -0.39 is 16.6 Å². The van der Waals surface area contributed by atoms with Crippen molar-refractivity contribution in [3.05, 3.63) is 88.0 Å². The van der Waals surface area contributed by atoms with E-state index in [-0.39, 0.29) is 10.1 Å². The zero-order chi connectivity index (χ0) is 38.4. The smallest absolute Gasteiger partial charge is 0.250 e. The first kappa shape index (κ1) is 41.6. The number of rotatable bonds is 14. The van der Waals surface area contributed by atoms with Crippen molar-refractivity contribution in [3.8, 4) is 17.2 Å². The number of benzene rings is 3. The van der Waals surface area contributed by atoms with Gasteiger partial charge in [0.25, 0.3) is 0 Å². The summed E-state index contributed by atoms with van der Waals surface area (Å²) in [5.74, 6) is 3.28. The third kappa shape index (κ3) is 10.8. The minimum Gasteiger partial charge on any atom is -0.543 e. The third-order valence-electron chi connectivity index (χ3n) is 12.9. The van der Waals surface area contributed by atoms with Gasteiger partial charge in [0.05, 0.1) is 7.11 Å². The molecule has 1 radical (unpaired) electrons. The summed E-state index contributed by atoms with van der Waals surface area (Å²) >= 11 is 0. The van der Waals surface area contributed by atoms with Crippen LogP contribution in [0, 0.1) is 6.07 Å². The summed E-state index contributed by atoms with van der Waals surface area (Å²) in [6, 6.07) is 21.5. The molecule has 3 aromatic rings. The summed E-state index contributed by atoms with van der Waals surface area (Å²) in [4.78, 5) is 2.56. The zero-order valence-electron chi connectivity index (χ0n) is 35.2. The summed E-state index contributed by atoms with van der Waals surface area (Å²) in [5, 5.41) is 0.332. The number of ether oxygens (including phenoxy) is 2. The van der Waals surface area contributed by atoms with Crippen molar-refractivity contribution in [1.29, 1.82) is 0 Å². The second-order valence-electron chi connectivity index (χ2n) is 18.7. The van der Waals surface area contributed by atoms with Crippen LogP contribution in [0.2, 0.25) is 36.3 Å². The Bertz CT molecular complexity index is 1630. The highest BCUT2D eigenvalue weighted by atomic mass is 28.4. The molecule has 1 unspecified atom stereocenters. The van der Waals surface area contributed by atoms with E-state index in [0.29, 0.717) is 12.5 Å². The Hall–Kier alpha value is -2.59. The van der Waals surface area contributed by atoms with Gasteiger partial charge in [0.1, 0.15) is 23.9 Å². The van der Waals surface area contributed by atoms with Crippen LogP contribution in [0.5, 0.6) is 17.2 Å². The van der Waals surface area contributed by atoms with Crippen LogP contribution in [0.1, 0.15) is 113 Å². The van der Waals surface area contributed by atoms with Gasteiger partial charge in [0, 0.05) is 25.1 Å². The van der Waals surface area contributed by atoms with Crippen LogP contribution in [-0.2, 0) is 30.1 Å². The maximum absolute atomic E-state index is 6.81. The van der Waals surface area contributed by atoms with Gasteiger partial charge in [-0.25, -0.2) is 0 Å². The molecule has 291 valence electrons. The van der Waals surface area contributed by atoms with Crippen LogP contribution in [0.25, 0.3) is 0 Å². The fourth-order valence-corrected chi connectivity index (χ4v) is 9.40.